The van der Waals surface area contributed by atoms with Crippen LogP contribution in [0.4, 0.5) is 5.82 Å². The molecule has 0 atom stereocenters. The second-order valence-electron chi connectivity index (χ2n) is 6.11. The monoisotopic (exact) mass is 315 g/mol. The molecule has 3 rings (SSSR count). The van der Waals surface area contributed by atoms with Crippen LogP contribution >= 0.6 is 0 Å². The number of carboxylic acid groups (broad SMARTS) is 1. The largest absolute Gasteiger partial charge is 0.481 e. The van der Waals surface area contributed by atoms with Gasteiger partial charge < -0.3 is 10.0 Å². The van der Waals surface area contributed by atoms with E-state index < -0.39 is 5.97 Å². The van der Waals surface area contributed by atoms with E-state index in [9.17, 15) is 4.79 Å². The van der Waals surface area contributed by atoms with Crippen LogP contribution in [0.5, 0.6) is 0 Å². The molecule has 1 aliphatic rings. The molecule has 122 valence electrons. The number of piperidine rings is 1. The number of nitrogens with zero attached hydrogens (tertiary/aromatic N) is 5. The van der Waals surface area contributed by atoms with Crippen LogP contribution in [0.15, 0.2) is 12.1 Å². The van der Waals surface area contributed by atoms with Gasteiger partial charge in [-0.1, -0.05) is 0 Å². The van der Waals surface area contributed by atoms with Gasteiger partial charge in [0.1, 0.15) is 5.82 Å². The molecule has 2 aromatic rings. The van der Waals surface area contributed by atoms with Crippen LogP contribution in [0, 0.1) is 26.7 Å². The zero-order chi connectivity index (χ0) is 16.6. The Kier molecular flexibility index (Phi) is 4.02. The average molecular weight is 315 g/mol. The maximum absolute atomic E-state index is 11.1. The lowest BCUT2D eigenvalue weighted by molar-refractivity contribution is -0.142. The van der Waals surface area contributed by atoms with Crippen molar-refractivity contribution in [3.05, 3.63) is 29.2 Å². The first-order valence-electron chi connectivity index (χ1n) is 7.81. The van der Waals surface area contributed by atoms with Gasteiger partial charge in [-0.3, -0.25) is 4.79 Å². The van der Waals surface area contributed by atoms with E-state index >= 15 is 0 Å². The summed E-state index contributed by atoms with van der Waals surface area (Å²) >= 11 is 0. The van der Waals surface area contributed by atoms with Gasteiger partial charge in [-0.2, -0.15) is 10.1 Å². The fourth-order valence-electron chi connectivity index (χ4n) is 2.98. The van der Waals surface area contributed by atoms with Crippen molar-refractivity contribution in [2.75, 3.05) is 18.0 Å². The van der Waals surface area contributed by atoms with E-state index in [0.717, 1.165) is 22.9 Å². The van der Waals surface area contributed by atoms with Crippen molar-refractivity contribution in [2.45, 2.75) is 33.6 Å². The van der Waals surface area contributed by atoms with Gasteiger partial charge in [0.05, 0.1) is 11.6 Å². The highest BCUT2D eigenvalue weighted by Gasteiger charge is 2.25. The first kappa shape index (κ1) is 15.5. The highest BCUT2D eigenvalue weighted by atomic mass is 16.4. The summed E-state index contributed by atoms with van der Waals surface area (Å²) in [5.74, 6) is 0.450. The van der Waals surface area contributed by atoms with Crippen molar-refractivity contribution in [1.29, 1.82) is 0 Å². The smallest absolute Gasteiger partial charge is 0.306 e. The second kappa shape index (κ2) is 5.98. The van der Waals surface area contributed by atoms with Gasteiger partial charge in [0, 0.05) is 30.5 Å². The standard InChI is InChI=1S/C16H21N5O2/c1-10-9-14(20-6-4-13(5-7-20)15(22)23)18-16(17-10)21-12(3)8-11(2)19-21/h8-9,13H,4-7H2,1-3H3,(H,22,23). The van der Waals surface area contributed by atoms with Crippen molar-refractivity contribution in [1.82, 2.24) is 19.7 Å². The molecule has 1 fully saturated rings. The summed E-state index contributed by atoms with van der Waals surface area (Å²) in [7, 11) is 0. The van der Waals surface area contributed by atoms with Crippen LogP contribution in [-0.2, 0) is 4.79 Å². The van der Waals surface area contributed by atoms with E-state index in [4.69, 9.17) is 5.11 Å². The van der Waals surface area contributed by atoms with Gasteiger partial charge >= 0.3 is 5.97 Å². The van der Waals surface area contributed by atoms with E-state index in [1.807, 2.05) is 32.9 Å². The predicted molar refractivity (Wildman–Crippen MR) is 85.9 cm³/mol. The highest BCUT2D eigenvalue weighted by Crippen LogP contribution is 2.23. The Balaban J connectivity index is 1.87. The Morgan fingerprint density at radius 1 is 1.13 bits per heavy atom. The summed E-state index contributed by atoms with van der Waals surface area (Å²) in [5.41, 5.74) is 2.79. The molecule has 1 saturated heterocycles. The summed E-state index contributed by atoms with van der Waals surface area (Å²) in [6, 6.07) is 3.93. The van der Waals surface area contributed by atoms with Crippen molar-refractivity contribution in [3.8, 4) is 5.95 Å². The van der Waals surface area contributed by atoms with Crippen LogP contribution in [0.25, 0.3) is 5.95 Å². The molecule has 2 aromatic heterocycles. The topological polar surface area (TPSA) is 84.1 Å². The van der Waals surface area contributed by atoms with Gasteiger partial charge in [0.15, 0.2) is 0 Å². The van der Waals surface area contributed by atoms with Gasteiger partial charge in [0.2, 0.25) is 0 Å². The Morgan fingerprint density at radius 3 is 2.39 bits per heavy atom. The Bertz CT molecular complexity index is 732. The van der Waals surface area contributed by atoms with Crippen molar-refractivity contribution in [3.63, 3.8) is 0 Å². The first-order valence-corrected chi connectivity index (χ1v) is 7.81. The quantitative estimate of drug-likeness (QED) is 0.931. The Morgan fingerprint density at radius 2 is 1.83 bits per heavy atom. The van der Waals surface area contributed by atoms with Gasteiger partial charge in [-0.15, -0.1) is 0 Å². The fourth-order valence-corrected chi connectivity index (χ4v) is 2.98. The molecule has 7 heteroatoms. The molecule has 0 bridgehead atoms. The van der Waals surface area contributed by atoms with E-state index in [2.05, 4.69) is 20.0 Å². The normalized spacial score (nSPS) is 15.9. The minimum absolute atomic E-state index is 0.246. The highest BCUT2D eigenvalue weighted by molar-refractivity contribution is 5.70. The van der Waals surface area contributed by atoms with Crippen LogP contribution in [0.1, 0.15) is 29.9 Å². The molecule has 0 aliphatic carbocycles. The number of aromatic nitrogens is 4. The van der Waals surface area contributed by atoms with Crippen LogP contribution < -0.4 is 4.90 Å². The zero-order valence-corrected chi connectivity index (χ0v) is 13.7. The molecule has 0 saturated carbocycles. The fraction of sp³-hybridized carbons (Fsp3) is 0.500. The maximum Gasteiger partial charge on any atom is 0.306 e. The minimum Gasteiger partial charge on any atom is -0.481 e. The maximum atomic E-state index is 11.1. The lowest BCUT2D eigenvalue weighted by atomic mass is 9.97. The molecule has 0 aromatic carbocycles. The summed E-state index contributed by atoms with van der Waals surface area (Å²) in [4.78, 5) is 22.3. The van der Waals surface area contributed by atoms with Crippen LogP contribution in [-0.4, -0.2) is 43.9 Å². The number of hydrogen-bond acceptors (Lipinski definition) is 5. The number of aliphatic carboxylic acids is 1. The number of carboxylic acids is 1. The molecule has 23 heavy (non-hydrogen) atoms. The SMILES string of the molecule is Cc1cc(N2CCC(C(=O)O)CC2)nc(-n2nc(C)cc2C)n1. The summed E-state index contributed by atoms with van der Waals surface area (Å²) in [5, 5.41) is 13.5. The third-order valence-corrected chi connectivity index (χ3v) is 4.20. The zero-order valence-electron chi connectivity index (χ0n) is 13.7. The minimum atomic E-state index is -0.702. The Labute approximate surface area is 135 Å². The average Bonchev–Trinajstić information content (AvgIpc) is 2.85. The van der Waals surface area contributed by atoms with E-state index in [1.165, 1.54) is 0 Å². The van der Waals surface area contributed by atoms with Crippen molar-refractivity contribution >= 4 is 11.8 Å². The molecule has 0 spiro atoms. The molecule has 0 radical (unpaired) electrons. The van der Waals surface area contributed by atoms with Gasteiger partial charge in [0.25, 0.3) is 5.95 Å². The van der Waals surface area contributed by atoms with Crippen molar-refractivity contribution < 1.29 is 9.90 Å². The van der Waals surface area contributed by atoms with Gasteiger partial charge in [-0.05, 0) is 39.7 Å². The first-order chi connectivity index (χ1) is 10.9. The van der Waals surface area contributed by atoms with Crippen LogP contribution in [0.3, 0.4) is 0 Å². The molecule has 7 nitrogen and oxygen atoms in total. The second-order valence-corrected chi connectivity index (χ2v) is 6.11. The molecule has 3 heterocycles. The Hall–Kier alpha value is -2.44. The van der Waals surface area contributed by atoms with E-state index in [1.54, 1.807) is 4.68 Å². The number of aryl methyl sites for hydroxylation is 3. The molecule has 1 N–H and O–H groups in total. The van der Waals surface area contributed by atoms with E-state index in [0.29, 0.717) is 31.9 Å². The predicted octanol–water partition coefficient (Wildman–Crippen LogP) is 1.89. The molecule has 0 unspecified atom stereocenters. The lowest BCUT2D eigenvalue weighted by Crippen LogP contribution is -2.37. The van der Waals surface area contributed by atoms with E-state index in [-0.39, 0.29) is 5.92 Å². The third-order valence-electron chi connectivity index (χ3n) is 4.20. The number of carbonyl (C=O) groups is 1. The van der Waals surface area contributed by atoms with Crippen molar-refractivity contribution in [2.24, 2.45) is 5.92 Å². The molecular weight excluding hydrogens is 294 g/mol. The number of rotatable bonds is 3. The summed E-state index contributed by atoms with van der Waals surface area (Å²) < 4.78 is 1.75. The molecule has 0 amide bonds. The summed E-state index contributed by atoms with van der Waals surface area (Å²) in [6.07, 6.45) is 1.29. The molecule has 1 aliphatic heterocycles. The lowest BCUT2D eigenvalue weighted by Gasteiger charge is -2.31. The van der Waals surface area contributed by atoms with Crippen LogP contribution in [0.2, 0.25) is 0 Å². The molecular formula is C16H21N5O2. The van der Waals surface area contributed by atoms with Gasteiger partial charge in [-0.25, -0.2) is 9.67 Å². The number of anilines is 1. The third kappa shape index (κ3) is 3.18. The number of hydrogen-bond donors (Lipinski definition) is 1. The summed E-state index contributed by atoms with van der Waals surface area (Å²) in [6.45, 7) is 7.25.